The number of nitrogens with zero attached hydrogens (tertiary/aromatic N) is 5. The van der Waals surface area contributed by atoms with Crippen LogP contribution in [0.15, 0.2) is 73.3 Å². The van der Waals surface area contributed by atoms with Crippen LogP contribution in [-0.4, -0.2) is 81.3 Å². The molecule has 4 aromatic rings. The van der Waals surface area contributed by atoms with Crippen molar-refractivity contribution in [2.75, 3.05) is 32.2 Å². The number of aromatic nitrogens is 4. The Morgan fingerprint density at radius 1 is 1.04 bits per heavy atom. The number of carbonyl (C=O) groups excluding carboxylic acids is 1. The van der Waals surface area contributed by atoms with Gasteiger partial charge in [-0.1, -0.05) is 55.5 Å². The SMILES string of the molecule is CC[C@H]1O[C@@H](n2cnc3c(NC(=O)c4ccccc4)ncnc32)C(OCCOC)[C@H]1OP1O[C@@H](c2ccccc2)[C@H]2CCCN21. The van der Waals surface area contributed by atoms with Crippen molar-refractivity contribution in [3.05, 3.63) is 84.4 Å². The van der Waals surface area contributed by atoms with Crippen LogP contribution in [0.5, 0.6) is 0 Å². The van der Waals surface area contributed by atoms with Crippen LogP contribution in [-0.2, 0) is 23.3 Å². The lowest BCUT2D eigenvalue weighted by atomic mass is 10.0. The van der Waals surface area contributed by atoms with E-state index >= 15 is 0 Å². The first-order valence-corrected chi connectivity index (χ1v) is 16.5. The fraction of sp³-hybridized carbons (Fsp3) is 0.438. The van der Waals surface area contributed by atoms with Gasteiger partial charge >= 0.3 is 0 Å². The van der Waals surface area contributed by atoms with Crippen LogP contribution in [0.2, 0.25) is 0 Å². The summed E-state index contributed by atoms with van der Waals surface area (Å²) >= 11 is 0. The number of ether oxygens (including phenoxy) is 3. The third kappa shape index (κ3) is 5.99. The van der Waals surface area contributed by atoms with Crippen molar-refractivity contribution in [1.82, 2.24) is 24.2 Å². The van der Waals surface area contributed by atoms with Gasteiger partial charge in [0.25, 0.3) is 14.4 Å². The molecule has 2 unspecified atom stereocenters. The van der Waals surface area contributed by atoms with Crippen LogP contribution in [0.25, 0.3) is 11.2 Å². The number of nitrogens with one attached hydrogen (secondary N) is 1. The maximum absolute atomic E-state index is 12.9. The second-order valence-corrected chi connectivity index (χ2v) is 12.7. The van der Waals surface area contributed by atoms with Crippen molar-refractivity contribution >= 4 is 31.4 Å². The Labute approximate surface area is 263 Å². The molecule has 0 saturated carbocycles. The Morgan fingerprint density at radius 3 is 2.62 bits per heavy atom. The molecule has 45 heavy (non-hydrogen) atoms. The van der Waals surface area contributed by atoms with Crippen molar-refractivity contribution in [2.45, 2.75) is 62.9 Å². The van der Waals surface area contributed by atoms with Crippen LogP contribution < -0.4 is 5.32 Å². The monoisotopic (exact) mass is 632 g/mol. The fourth-order valence-corrected chi connectivity index (χ4v) is 8.36. The van der Waals surface area contributed by atoms with E-state index in [4.69, 9.17) is 23.3 Å². The lowest BCUT2D eigenvalue weighted by Crippen LogP contribution is -2.37. The molecule has 3 saturated heterocycles. The molecule has 3 aliphatic rings. The number of methoxy groups -OCH3 is 1. The minimum absolute atomic E-state index is 0.0373. The van der Waals surface area contributed by atoms with Gasteiger partial charge in [0.2, 0.25) is 0 Å². The molecule has 0 aliphatic carbocycles. The van der Waals surface area contributed by atoms with E-state index in [1.807, 2.05) is 28.8 Å². The minimum Gasteiger partial charge on any atom is -0.382 e. The van der Waals surface area contributed by atoms with Crippen LogP contribution in [0.3, 0.4) is 0 Å². The molecule has 3 aliphatic heterocycles. The van der Waals surface area contributed by atoms with E-state index in [0.29, 0.717) is 42.2 Å². The topological polar surface area (TPSA) is 122 Å². The zero-order valence-electron chi connectivity index (χ0n) is 25.3. The van der Waals surface area contributed by atoms with Crippen molar-refractivity contribution in [2.24, 2.45) is 0 Å². The zero-order chi connectivity index (χ0) is 30.8. The standard InChI is InChI=1S/C32H37N6O6P/c1-3-24-27(44-45-38-16-10-15-23(38)26(43-45)21-11-6-4-7-12-21)28(41-18-17-40-2)32(42-24)37-20-35-25-29(33-19-34-30(25)37)36-31(39)22-13-8-5-9-14-22/h4-9,11-14,19-20,23-24,26-28,32H,3,10,15-18H2,1-2H3,(H,33,34,36,39)/t23-,24-,26+,27+,28?,32-,45?/m1/s1. The highest BCUT2D eigenvalue weighted by Gasteiger charge is 2.53. The Balaban J connectivity index is 1.16. The van der Waals surface area contributed by atoms with Gasteiger partial charge in [-0.05, 0) is 37.0 Å². The summed E-state index contributed by atoms with van der Waals surface area (Å²) in [6.07, 6.45) is 4.16. The fourth-order valence-electron chi connectivity index (χ4n) is 6.36. The number of imidazole rings is 1. The highest BCUT2D eigenvalue weighted by atomic mass is 31.2. The molecule has 1 N–H and O–H groups in total. The van der Waals surface area contributed by atoms with Gasteiger partial charge in [-0.15, -0.1) is 0 Å². The molecular formula is C32H37N6O6P. The molecule has 0 radical (unpaired) electrons. The summed E-state index contributed by atoms with van der Waals surface area (Å²) in [6, 6.07) is 19.6. The number of hydrogen-bond donors (Lipinski definition) is 1. The number of carbonyl (C=O) groups is 1. The largest absolute Gasteiger partial charge is 0.382 e. The van der Waals surface area contributed by atoms with Crippen molar-refractivity contribution in [3.63, 3.8) is 0 Å². The Kier molecular flexibility index (Phi) is 9.13. The average Bonchev–Trinajstić information content (AvgIpc) is 3.86. The van der Waals surface area contributed by atoms with Crippen molar-refractivity contribution in [3.8, 4) is 0 Å². The number of benzene rings is 2. The molecule has 7 atom stereocenters. The highest BCUT2D eigenvalue weighted by Crippen LogP contribution is 2.62. The predicted octanol–water partition coefficient (Wildman–Crippen LogP) is 5.27. The number of anilines is 1. The second-order valence-electron chi connectivity index (χ2n) is 11.3. The predicted molar refractivity (Wildman–Crippen MR) is 167 cm³/mol. The Bertz CT molecular complexity index is 1600. The quantitative estimate of drug-likeness (QED) is 0.173. The molecule has 2 aromatic heterocycles. The summed E-state index contributed by atoms with van der Waals surface area (Å²) < 4.78 is 36.3. The van der Waals surface area contributed by atoms with Crippen LogP contribution in [0, 0.1) is 0 Å². The summed E-state index contributed by atoms with van der Waals surface area (Å²) in [6.45, 7) is 3.79. The summed E-state index contributed by atoms with van der Waals surface area (Å²) in [7, 11) is 0.305. The normalized spacial score (nSPS) is 28.1. The molecule has 12 nitrogen and oxygen atoms in total. The van der Waals surface area contributed by atoms with Gasteiger partial charge in [0.1, 0.15) is 24.6 Å². The van der Waals surface area contributed by atoms with E-state index < -0.39 is 27.0 Å². The number of fused-ring (bicyclic) bond motifs is 2. The first-order chi connectivity index (χ1) is 22.2. The summed E-state index contributed by atoms with van der Waals surface area (Å²) in [5, 5.41) is 2.88. The second kappa shape index (κ2) is 13.6. The third-order valence-corrected chi connectivity index (χ3v) is 10.3. The van der Waals surface area contributed by atoms with E-state index in [-0.39, 0.29) is 24.2 Å². The Hall–Kier alpha value is -3.35. The van der Waals surface area contributed by atoms with E-state index in [2.05, 4.69) is 56.1 Å². The maximum atomic E-state index is 12.9. The summed E-state index contributed by atoms with van der Waals surface area (Å²) in [4.78, 5) is 26.4. The number of hydrogen-bond acceptors (Lipinski definition) is 10. The van der Waals surface area contributed by atoms with Crippen LogP contribution in [0.4, 0.5) is 5.82 Å². The first-order valence-electron chi connectivity index (χ1n) is 15.4. The average molecular weight is 633 g/mol. The van der Waals surface area contributed by atoms with Gasteiger partial charge in [-0.2, -0.15) is 0 Å². The molecule has 236 valence electrons. The molecule has 7 rings (SSSR count). The van der Waals surface area contributed by atoms with Gasteiger partial charge in [0.15, 0.2) is 23.2 Å². The summed E-state index contributed by atoms with van der Waals surface area (Å²) in [5.74, 6) is 0.0348. The molecule has 0 bridgehead atoms. The third-order valence-electron chi connectivity index (χ3n) is 8.56. The van der Waals surface area contributed by atoms with E-state index in [1.54, 1.807) is 25.6 Å². The molecular weight excluding hydrogens is 595 g/mol. The van der Waals surface area contributed by atoms with E-state index in [9.17, 15) is 4.79 Å². The van der Waals surface area contributed by atoms with Crippen molar-refractivity contribution in [1.29, 1.82) is 0 Å². The molecule has 0 spiro atoms. The molecule has 3 fully saturated rings. The van der Waals surface area contributed by atoms with Gasteiger partial charge in [-0.25, -0.2) is 19.6 Å². The Morgan fingerprint density at radius 2 is 1.84 bits per heavy atom. The van der Waals surface area contributed by atoms with Gasteiger partial charge in [0.05, 0.1) is 25.6 Å². The van der Waals surface area contributed by atoms with Gasteiger partial charge in [-0.3, -0.25) is 9.36 Å². The minimum atomic E-state index is -1.34. The van der Waals surface area contributed by atoms with Crippen LogP contribution >= 0.6 is 8.53 Å². The van der Waals surface area contributed by atoms with E-state index in [1.165, 1.54) is 11.9 Å². The molecule has 2 aromatic carbocycles. The molecule has 1 amide bonds. The molecule has 13 heteroatoms. The maximum Gasteiger partial charge on any atom is 0.260 e. The molecule has 5 heterocycles. The smallest absolute Gasteiger partial charge is 0.260 e. The lowest BCUT2D eigenvalue weighted by molar-refractivity contribution is -0.0749. The first kappa shape index (κ1) is 30.3. The van der Waals surface area contributed by atoms with Gasteiger partial charge in [0, 0.05) is 25.3 Å². The van der Waals surface area contributed by atoms with Crippen LogP contribution in [0.1, 0.15) is 54.4 Å². The summed E-state index contributed by atoms with van der Waals surface area (Å²) in [5.41, 5.74) is 2.66. The zero-order valence-corrected chi connectivity index (χ0v) is 26.2. The van der Waals surface area contributed by atoms with Gasteiger partial charge < -0.3 is 28.6 Å². The van der Waals surface area contributed by atoms with E-state index in [0.717, 1.165) is 19.4 Å². The van der Waals surface area contributed by atoms with Crippen molar-refractivity contribution < 1.29 is 28.1 Å². The number of amides is 1. The lowest BCUT2D eigenvalue weighted by Gasteiger charge is -2.29. The number of rotatable bonds is 11. The highest BCUT2D eigenvalue weighted by molar-refractivity contribution is 7.45.